The standard InChI is InChI=1S/C12H14N4O2/c1-15(17)12(7-16-9-13-8-14-16)10-3-5-11(18-2)6-4-10/h3-6,8-9H,7H2,1-2H3. The summed E-state index contributed by atoms with van der Waals surface area (Å²) < 4.78 is 7.53. The van der Waals surface area contributed by atoms with Crippen molar-refractivity contribution < 1.29 is 9.48 Å². The first-order valence-electron chi connectivity index (χ1n) is 5.44. The van der Waals surface area contributed by atoms with Gasteiger partial charge in [0.05, 0.1) is 7.11 Å². The van der Waals surface area contributed by atoms with Crippen molar-refractivity contribution in [2.45, 2.75) is 6.54 Å². The summed E-state index contributed by atoms with van der Waals surface area (Å²) in [6.07, 6.45) is 3.02. The van der Waals surface area contributed by atoms with Gasteiger partial charge in [-0.2, -0.15) is 5.10 Å². The van der Waals surface area contributed by atoms with E-state index in [4.69, 9.17) is 4.74 Å². The fourth-order valence-corrected chi connectivity index (χ4v) is 1.62. The number of rotatable bonds is 4. The minimum Gasteiger partial charge on any atom is -0.624 e. The number of hydrogen-bond donors (Lipinski definition) is 0. The lowest BCUT2D eigenvalue weighted by Gasteiger charge is -2.08. The van der Waals surface area contributed by atoms with Gasteiger partial charge in [-0.15, -0.1) is 0 Å². The molecule has 1 heterocycles. The topological polar surface area (TPSA) is 66.0 Å². The van der Waals surface area contributed by atoms with E-state index in [0.717, 1.165) is 16.1 Å². The van der Waals surface area contributed by atoms with Gasteiger partial charge >= 0.3 is 0 Å². The summed E-state index contributed by atoms with van der Waals surface area (Å²) in [6.45, 7) is 0.381. The molecule has 6 nitrogen and oxygen atoms in total. The van der Waals surface area contributed by atoms with Crippen LogP contribution in [-0.2, 0) is 6.54 Å². The average Bonchev–Trinajstić information content (AvgIpc) is 2.89. The minimum absolute atomic E-state index is 0.381. The molecule has 2 rings (SSSR count). The third-order valence-corrected chi connectivity index (χ3v) is 2.58. The van der Waals surface area contributed by atoms with Gasteiger partial charge in [0.2, 0.25) is 5.71 Å². The number of nitrogens with zero attached hydrogens (tertiary/aromatic N) is 4. The van der Waals surface area contributed by atoms with Crippen LogP contribution in [-0.4, -0.2) is 39.4 Å². The van der Waals surface area contributed by atoms with Gasteiger partial charge in [0.1, 0.15) is 32.0 Å². The number of methoxy groups -OCH3 is 1. The maximum absolute atomic E-state index is 11.6. The lowest BCUT2D eigenvalue weighted by atomic mass is 10.1. The van der Waals surface area contributed by atoms with Crippen LogP contribution in [0.3, 0.4) is 0 Å². The quantitative estimate of drug-likeness (QED) is 0.348. The lowest BCUT2D eigenvalue weighted by Crippen LogP contribution is -2.20. The van der Waals surface area contributed by atoms with Crippen LogP contribution in [0.15, 0.2) is 36.9 Å². The molecule has 0 aliphatic carbocycles. The third-order valence-electron chi connectivity index (χ3n) is 2.58. The largest absolute Gasteiger partial charge is 0.624 e. The molecule has 0 unspecified atom stereocenters. The van der Waals surface area contributed by atoms with E-state index in [0.29, 0.717) is 12.3 Å². The Bertz CT molecular complexity index is 528. The van der Waals surface area contributed by atoms with Crippen LogP contribution in [0.1, 0.15) is 5.56 Å². The molecule has 0 saturated heterocycles. The van der Waals surface area contributed by atoms with Crippen molar-refractivity contribution in [3.63, 3.8) is 0 Å². The van der Waals surface area contributed by atoms with Crippen LogP contribution in [0.4, 0.5) is 0 Å². The van der Waals surface area contributed by atoms with Crippen LogP contribution in [0.25, 0.3) is 0 Å². The van der Waals surface area contributed by atoms with E-state index in [9.17, 15) is 5.21 Å². The maximum Gasteiger partial charge on any atom is 0.215 e. The van der Waals surface area contributed by atoms with Crippen molar-refractivity contribution in [1.29, 1.82) is 0 Å². The van der Waals surface area contributed by atoms with Gasteiger partial charge in [-0.05, 0) is 24.3 Å². The molecule has 18 heavy (non-hydrogen) atoms. The Kier molecular flexibility index (Phi) is 3.57. The first-order valence-corrected chi connectivity index (χ1v) is 5.44. The van der Waals surface area contributed by atoms with Gasteiger partial charge < -0.3 is 9.94 Å². The predicted molar refractivity (Wildman–Crippen MR) is 66.7 cm³/mol. The zero-order chi connectivity index (χ0) is 13.0. The minimum atomic E-state index is 0.381. The number of hydrogen-bond acceptors (Lipinski definition) is 4. The van der Waals surface area contributed by atoms with Crippen molar-refractivity contribution >= 4 is 5.71 Å². The maximum atomic E-state index is 11.6. The molecule has 0 radical (unpaired) electrons. The molecule has 94 valence electrons. The normalized spacial score (nSPS) is 12.1. The van der Waals surface area contributed by atoms with Gasteiger partial charge in [0.15, 0.2) is 0 Å². The molecular formula is C12H14N4O2. The van der Waals surface area contributed by atoms with Crippen LogP contribution < -0.4 is 4.74 Å². The number of ether oxygens (including phenoxy) is 1. The highest BCUT2D eigenvalue weighted by Crippen LogP contribution is 2.12. The predicted octanol–water partition coefficient (Wildman–Crippen LogP) is 0.916. The molecule has 1 aromatic heterocycles. The molecule has 0 aliphatic rings. The van der Waals surface area contributed by atoms with Crippen molar-refractivity contribution in [2.75, 3.05) is 14.2 Å². The zero-order valence-electron chi connectivity index (χ0n) is 10.3. The Labute approximate surface area is 105 Å². The van der Waals surface area contributed by atoms with Crippen LogP contribution >= 0.6 is 0 Å². The molecule has 0 N–H and O–H groups in total. The summed E-state index contributed by atoms with van der Waals surface area (Å²) in [6, 6.07) is 7.33. The Hall–Kier alpha value is -2.37. The summed E-state index contributed by atoms with van der Waals surface area (Å²) in [5.74, 6) is 0.757. The van der Waals surface area contributed by atoms with Crippen LogP contribution in [0.2, 0.25) is 0 Å². The Morgan fingerprint density at radius 3 is 2.61 bits per heavy atom. The third kappa shape index (κ3) is 2.65. The van der Waals surface area contributed by atoms with E-state index in [2.05, 4.69) is 10.1 Å². The van der Waals surface area contributed by atoms with E-state index in [-0.39, 0.29) is 0 Å². The van der Waals surface area contributed by atoms with Crippen molar-refractivity contribution in [1.82, 2.24) is 14.8 Å². The highest BCUT2D eigenvalue weighted by atomic mass is 16.5. The first kappa shape index (κ1) is 12.1. The van der Waals surface area contributed by atoms with Gasteiger partial charge in [-0.3, -0.25) is 0 Å². The summed E-state index contributed by atoms with van der Waals surface area (Å²) in [7, 11) is 3.07. The molecule has 0 amide bonds. The van der Waals surface area contributed by atoms with Crippen molar-refractivity contribution in [2.24, 2.45) is 0 Å². The van der Waals surface area contributed by atoms with Gasteiger partial charge in [0.25, 0.3) is 0 Å². The van der Waals surface area contributed by atoms with Gasteiger partial charge in [-0.25, -0.2) is 14.4 Å². The second-order valence-corrected chi connectivity index (χ2v) is 3.77. The van der Waals surface area contributed by atoms with Gasteiger partial charge in [0, 0.05) is 5.56 Å². The Morgan fingerprint density at radius 1 is 1.39 bits per heavy atom. The summed E-state index contributed by atoms with van der Waals surface area (Å²) in [5.41, 5.74) is 1.45. The second-order valence-electron chi connectivity index (χ2n) is 3.77. The Balaban J connectivity index is 2.28. The highest BCUT2D eigenvalue weighted by molar-refractivity contribution is 5.96. The monoisotopic (exact) mass is 246 g/mol. The SMILES string of the molecule is COc1ccc(C(Cn2cncn2)=[N+](C)[O-])cc1. The summed E-state index contributed by atoms with van der Waals surface area (Å²) in [5, 5.41) is 15.6. The zero-order valence-corrected chi connectivity index (χ0v) is 10.3. The number of hydroxylamine groups is 1. The smallest absolute Gasteiger partial charge is 0.215 e. The van der Waals surface area contributed by atoms with Gasteiger partial charge in [-0.1, -0.05) is 0 Å². The molecule has 0 bridgehead atoms. The summed E-state index contributed by atoms with van der Waals surface area (Å²) in [4.78, 5) is 3.85. The Morgan fingerprint density at radius 2 is 2.11 bits per heavy atom. The van der Waals surface area contributed by atoms with E-state index in [1.807, 2.05) is 24.3 Å². The molecule has 0 saturated carbocycles. The van der Waals surface area contributed by atoms with Crippen LogP contribution in [0.5, 0.6) is 5.75 Å². The molecule has 0 atom stereocenters. The molecule has 6 heteroatoms. The van der Waals surface area contributed by atoms with E-state index in [1.54, 1.807) is 18.1 Å². The van der Waals surface area contributed by atoms with Crippen molar-refractivity contribution in [3.8, 4) is 5.75 Å². The molecule has 0 aliphatic heterocycles. The fraction of sp³-hybridized carbons (Fsp3) is 0.250. The number of benzene rings is 1. The average molecular weight is 246 g/mol. The summed E-state index contributed by atoms with van der Waals surface area (Å²) >= 11 is 0. The molecular weight excluding hydrogens is 232 g/mol. The molecule has 0 spiro atoms. The fourth-order valence-electron chi connectivity index (χ4n) is 1.62. The molecule has 1 aromatic carbocycles. The number of aromatic nitrogens is 3. The lowest BCUT2D eigenvalue weighted by molar-refractivity contribution is -0.423. The molecule has 2 aromatic rings. The highest BCUT2D eigenvalue weighted by Gasteiger charge is 2.12. The first-order chi connectivity index (χ1) is 8.70. The molecule has 0 fully saturated rings. The van der Waals surface area contributed by atoms with Crippen LogP contribution in [0, 0.1) is 5.21 Å². The van der Waals surface area contributed by atoms with E-state index in [1.165, 1.54) is 13.4 Å². The van der Waals surface area contributed by atoms with E-state index >= 15 is 0 Å². The second kappa shape index (κ2) is 5.31. The van der Waals surface area contributed by atoms with E-state index < -0.39 is 0 Å². The van der Waals surface area contributed by atoms with Crippen molar-refractivity contribution in [3.05, 3.63) is 47.7 Å².